The highest BCUT2D eigenvalue weighted by Gasteiger charge is 2.22. The molecule has 0 radical (unpaired) electrons. The number of rotatable bonds is 4. The number of hydrogen-bond acceptors (Lipinski definition) is 7. The SMILES string of the molecule is COC(=O)c1cc(C=Cc2cnc3nc(NC(=O)C(C)(C)C)nc(O)c3c2)c[nH]1. The second-order valence-corrected chi connectivity index (χ2v) is 7.39. The maximum absolute atomic E-state index is 12.1. The van der Waals surface area contributed by atoms with Gasteiger partial charge in [-0.2, -0.15) is 9.97 Å². The molecule has 3 heterocycles. The Kier molecular flexibility index (Phi) is 5.31. The summed E-state index contributed by atoms with van der Waals surface area (Å²) in [6.07, 6.45) is 6.80. The molecular weight excluding hydrogens is 374 g/mol. The molecule has 0 unspecified atom stereocenters. The van der Waals surface area contributed by atoms with Gasteiger partial charge in [-0.3, -0.25) is 10.1 Å². The number of aromatic hydroxyl groups is 1. The van der Waals surface area contributed by atoms with Gasteiger partial charge in [0.05, 0.1) is 12.5 Å². The summed E-state index contributed by atoms with van der Waals surface area (Å²) in [4.78, 5) is 38.8. The van der Waals surface area contributed by atoms with Gasteiger partial charge < -0.3 is 14.8 Å². The number of ether oxygens (including phenoxy) is 1. The first-order valence-electron chi connectivity index (χ1n) is 8.80. The zero-order valence-electron chi connectivity index (χ0n) is 16.5. The quantitative estimate of drug-likeness (QED) is 0.579. The summed E-state index contributed by atoms with van der Waals surface area (Å²) in [7, 11) is 1.31. The van der Waals surface area contributed by atoms with Crippen molar-refractivity contribution in [1.29, 1.82) is 0 Å². The van der Waals surface area contributed by atoms with Crippen molar-refractivity contribution in [2.75, 3.05) is 12.4 Å². The van der Waals surface area contributed by atoms with Gasteiger partial charge in [-0.15, -0.1) is 0 Å². The van der Waals surface area contributed by atoms with Crippen LogP contribution < -0.4 is 5.32 Å². The third-order valence-corrected chi connectivity index (χ3v) is 4.04. The molecule has 3 aromatic heterocycles. The maximum Gasteiger partial charge on any atom is 0.354 e. The fraction of sp³-hybridized carbons (Fsp3) is 0.250. The first-order valence-corrected chi connectivity index (χ1v) is 8.80. The lowest BCUT2D eigenvalue weighted by Crippen LogP contribution is -2.28. The Hall–Kier alpha value is -3.75. The van der Waals surface area contributed by atoms with Gasteiger partial charge in [0, 0.05) is 17.8 Å². The number of hydrogen-bond donors (Lipinski definition) is 3. The van der Waals surface area contributed by atoms with Crippen LogP contribution in [0.3, 0.4) is 0 Å². The summed E-state index contributed by atoms with van der Waals surface area (Å²) in [5, 5.41) is 13.2. The summed E-state index contributed by atoms with van der Waals surface area (Å²) in [6.45, 7) is 5.29. The molecule has 0 saturated carbocycles. The molecule has 0 aliphatic heterocycles. The van der Waals surface area contributed by atoms with Gasteiger partial charge in [-0.1, -0.05) is 32.9 Å². The number of aromatic nitrogens is 4. The number of carbonyl (C=O) groups excluding carboxylic acids is 2. The number of nitrogens with one attached hydrogen (secondary N) is 2. The van der Waals surface area contributed by atoms with Crippen molar-refractivity contribution in [3.8, 4) is 5.88 Å². The number of methoxy groups -OCH3 is 1. The number of pyridine rings is 1. The third kappa shape index (κ3) is 4.57. The Balaban J connectivity index is 1.84. The average molecular weight is 395 g/mol. The lowest BCUT2D eigenvalue weighted by atomic mass is 9.96. The van der Waals surface area contributed by atoms with E-state index in [0.29, 0.717) is 16.6 Å². The normalized spacial score (nSPS) is 11.7. The molecule has 0 bridgehead atoms. The van der Waals surface area contributed by atoms with Crippen molar-refractivity contribution >= 4 is 41.0 Å². The standard InChI is InChI=1S/C20H21N5O4/c1-20(2,3)18(28)25-19-23-15-13(16(26)24-19)7-11(10-22-15)5-6-12-8-14(21-9-12)17(27)29-4/h5-10,21H,1-4H3,(H2,22,23,24,25,26,28). The molecule has 0 aliphatic carbocycles. The summed E-state index contributed by atoms with van der Waals surface area (Å²) >= 11 is 0. The van der Waals surface area contributed by atoms with Crippen LogP contribution in [0.4, 0.5) is 5.95 Å². The highest BCUT2D eigenvalue weighted by molar-refractivity contribution is 5.94. The van der Waals surface area contributed by atoms with Gasteiger partial charge in [0.2, 0.25) is 17.7 Å². The molecule has 3 aromatic rings. The highest BCUT2D eigenvalue weighted by Crippen LogP contribution is 2.24. The molecule has 0 aromatic carbocycles. The predicted molar refractivity (Wildman–Crippen MR) is 108 cm³/mol. The number of nitrogens with zero attached hydrogens (tertiary/aromatic N) is 3. The second-order valence-electron chi connectivity index (χ2n) is 7.39. The Morgan fingerprint density at radius 2 is 1.90 bits per heavy atom. The van der Waals surface area contributed by atoms with E-state index >= 15 is 0 Å². The first kappa shape index (κ1) is 20.0. The van der Waals surface area contributed by atoms with Crippen LogP contribution in [0.25, 0.3) is 23.2 Å². The number of amides is 1. The van der Waals surface area contributed by atoms with Crippen LogP contribution in [0.1, 0.15) is 42.4 Å². The van der Waals surface area contributed by atoms with Crippen molar-refractivity contribution in [2.24, 2.45) is 5.41 Å². The fourth-order valence-electron chi connectivity index (χ4n) is 2.38. The molecule has 0 atom stereocenters. The van der Waals surface area contributed by atoms with E-state index in [0.717, 1.165) is 5.56 Å². The van der Waals surface area contributed by atoms with Crippen LogP contribution in [-0.4, -0.2) is 44.0 Å². The molecule has 9 nitrogen and oxygen atoms in total. The van der Waals surface area contributed by atoms with Crippen molar-refractivity contribution < 1.29 is 19.4 Å². The second kappa shape index (κ2) is 7.70. The molecule has 150 valence electrons. The van der Waals surface area contributed by atoms with Crippen LogP contribution in [0.5, 0.6) is 5.88 Å². The van der Waals surface area contributed by atoms with E-state index < -0.39 is 11.4 Å². The number of H-pyrrole nitrogens is 1. The molecule has 0 spiro atoms. The largest absolute Gasteiger partial charge is 0.493 e. The third-order valence-electron chi connectivity index (χ3n) is 4.04. The van der Waals surface area contributed by atoms with Crippen molar-refractivity contribution in [2.45, 2.75) is 20.8 Å². The highest BCUT2D eigenvalue weighted by atomic mass is 16.5. The topological polar surface area (TPSA) is 130 Å². The minimum absolute atomic E-state index is 0.00613. The van der Waals surface area contributed by atoms with Crippen molar-refractivity contribution in [3.63, 3.8) is 0 Å². The molecule has 0 saturated heterocycles. The molecular formula is C20H21N5O4. The van der Waals surface area contributed by atoms with E-state index in [9.17, 15) is 14.7 Å². The van der Waals surface area contributed by atoms with Gasteiger partial charge >= 0.3 is 5.97 Å². The van der Waals surface area contributed by atoms with Crippen LogP contribution in [0.15, 0.2) is 24.5 Å². The number of esters is 1. The number of aromatic amines is 1. The fourth-order valence-corrected chi connectivity index (χ4v) is 2.38. The van der Waals surface area contributed by atoms with E-state index in [-0.39, 0.29) is 23.4 Å². The molecule has 3 rings (SSSR count). The molecule has 0 fully saturated rings. The predicted octanol–water partition coefficient (Wildman–Crippen LogP) is 3.00. The zero-order chi connectivity index (χ0) is 21.2. The zero-order valence-corrected chi connectivity index (χ0v) is 16.5. The van der Waals surface area contributed by atoms with Gasteiger partial charge in [-0.05, 0) is 23.3 Å². The van der Waals surface area contributed by atoms with E-state index in [1.54, 1.807) is 57.4 Å². The van der Waals surface area contributed by atoms with E-state index in [1.807, 2.05) is 0 Å². The Morgan fingerprint density at radius 1 is 1.17 bits per heavy atom. The Labute approximate surface area is 166 Å². The number of carbonyl (C=O) groups is 2. The van der Waals surface area contributed by atoms with Crippen molar-refractivity contribution in [3.05, 3.63) is 41.3 Å². The first-order chi connectivity index (χ1) is 13.7. The van der Waals surface area contributed by atoms with E-state index in [2.05, 4.69) is 30.0 Å². The molecule has 1 amide bonds. The van der Waals surface area contributed by atoms with Gasteiger partial charge in [0.1, 0.15) is 5.69 Å². The van der Waals surface area contributed by atoms with E-state index in [1.165, 1.54) is 7.11 Å². The average Bonchev–Trinajstić information content (AvgIpc) is 3.14. The van der Waals surface area contributed by atoms with Crippen LogP contribution in [0.2, 0.25) is 0 Å². The minimum Gasteiger partial charge on any atom is -0.493 e. The Morgan fingerprint density at radius 3 is 2.59 bits per heavy atom. The molecule has 0 aliphatic rings. The number of fused-ring (bicyclic) bond motifs is 1. The monoisotopic (exact) mass is 395 g/mol. The van der Waals surface area contributed by atoms with Crippen LogP contribution in [0, 0.1) is 5.41 Å². The lowest BCUT2D eigenvalue weighted by molar-refractivity contribution is -0.123. The maximum atomic E-state index is 12.1. The molecule has 3 N–H and O–H groups in total. The lowest BCUT2D eigenvalue weighted by Gasteiger charge is -2.16. The summed E-state index contributed by atoms with van der Waals surface area (Å²) in [5.74, 6) is -1.01. The minimum atomic E-state index is -0.623. The Bertz CT molecular complexity index is 1110. The van der Waals surface area contributed by atoms with Crippen molar-refractivity contribution in [1.82, 2.24) is 19.9 Å². The van der Waals surface area contributed by atoms with Gasteiger partial charge in [-0.25, -0.2) is 9.78 Å². The summed E-state index contributed by atoms with van der Waals surface area (Å²) in [6, 6.07) is 3.33. The van der Waals surface area contributed by atoms with Gasteiger partial charge in [0.25, 0.3) is 0 Å². The molecule has 29 heavy (non-hydrogen) atoms. The summed E-state index contributed by atoms with van der Waals surface area (Å²) in [5.41, 5.74) is 1.45. The molecule has 9 heteroatoms. The van der Waals surface area contributed by atoms with E-state index in [4.69, 9.17) is 0 Å². The number of anilines is 1. The van der Waals surface area contributed by atoms with Crippen LogP contribution in [-0.2, 0) is 9.53 Å². The van der Waals surface area contributed by atoms with Crippen LogP contribution >= 0.6 is 0 Å². The smallest absolute Gasteiger partial charge is 0.354 e. The van der Waals surface area contributed by atoms with Gasteiger partial charge in [0.15, 0.2) is 5.65 Å². The summed E-state index contributed by atoms with van der Waals surface area (Å²) < 4.78 is 4.65.